The van der Waals surface area contributed by atoms with Crippen LogP contribution in [0.15, 0.2) is 0 Å². The average molecular weight is 161 g/mol. The minimum Gasteiger partial charge on any atom is -0.330 e. The normalized spacial score (nSPS) is 13.5. The van der Waals surface area contributed by atoms with Crippen molar-refractivity contribution in [2.24, 2.45) is 5.73 Å². The Morgan fingerprint density at radius 3 is 2.50 bits per heavy atom. The van der Waals surface area contributed by atoms with Crippen LogP contribution in [0.2, 0.25) is 0 Å². The van der Waals surface area contributed by atoms with Gasteiger partial charge in [0.1, 0.15) is 0 Å². The van der Waals surface area contributed by atoms with Crippen molar-refractivity contribution in [3.05, 3.63) is 0 Å². The number of hydrogen-bond acceptors (Lipinski definition) is 2. The number of thioether (sulfide) groups is 1. The van der Waals surface area contributed by atoms with Gasteiger partial charge in [0.05, 0.1) is 0 Å². The summed E-state index contributed by atoms with van der Waals surface area (Å²) in [5.74, 6) is 1.29. The Labute approximate surface area is 68.8 Å². The van der Waals surface area contributed by atoms with Crippen molar-refractivity contribution in [2.45, 2.75) is 38.4 Å². The zero-order valence-corrected chi connectivity index (χ0v) is 7.91. The summed E-state index contributed by atoms with van der Waals surface area (Å²) in [4.78, 5) is 0. The summed E-state index contributed by atoms with van der Waals surface area (Å²) in [5.41, 5.74) is 5.46. The highest BCUT2D eigenvalue weighted by Crippen LogP contribution is 2.17. The lowest BCUT2D eigenvalue weighted by Gasteiger charge is -2.11. The molecule has 0 aliphatic rings. The Morgan fingerprint density at radius 2 is 2.10 bits per heavy atom. The van der Waals surface area contributed by atoms with E-state index in [9.17, 15) is 0 Å². The smallest absolute Gasteiger partial charge is 0.00564 e. The van der Waals surface area contributed by atoms with Gasteiger partial charge in [-0.05, 0) is 31.6 Å². The van der Waals surface area contributed by atoms with Crippen LogP contribution in [0.5, 0.6) is 0 Å². The van der Waals surface area contributed by atoms with E-state index < -0.39 is 0 Å². The Bertz CT molecular complexity index is 66.3. The van der Waals surface area contributed by atoms with Gasteiger partial charge in [0.15, 0.2) is 0 Å². The van der Waals surface area contributed by atoms with Gasteiger partial charge in [-0.3, -0.25) is 0 Å². The molecule has 0 saturated carbocycles. The van der Waals surface area contributed by atoms with Crippen LogP contribution in [-0.4, -0.2) is 17.5 Å². The molecule has 0 fully saturated rings. The van der Waals surface area contributed by atoms with E-state index in [1.54, 1.807) is 0 Å². The first-order valence-electron chi connectivity index (χ1n) is 4.16. The first-order valence-corrected chi connectivity index (χ1v) is 5.21. The molecule has 62 valence electrons. The van der Waals surface area contributed by atoms with E-state index in [1.165, 1.54) is 25.0 Å². The van der Waals surface area contributed by atoms with Gasteiger partial charge in [0.2, 0.25) is 0 Å². The topological polar surface area (TPSA) is 26.0 Å². The van der Waals surface area contributed by atoms with Crippen LogP contribution in [0.25, 0.3) is 0 Å². The quantitative estimate of drug-likeness (QED) is 0.646. The molecule has 0 aromatic heterocycles. The molecule has 0 heterocycles. The van der Waals surface area contributed by atoms with Crippen molar-refractivity contribution < 1.29 is 0 Å². The van der Waals surface area contributed by atoms with E-state index in [0.29, 0.717) is 0 Å². The lowest BCUT2D eigenvalue weighted by atomic mass is 10.2. The van der Waals surface area contributed by atoms with Crippen LogP contribution < -0.4 is 5.73 Å². The number of nitrogens with two attached hydrogens (primary N) is 1. The van der Waals surface area contributed by atoms with E-state index in [1.807, 2.05) is 0 Å². The first kappa shape index (κ1) is 10.3. The van der Waals surface area contributed by atoms with E-state index in [4.69, 9.17) is 5.73 Å². The Morgan fingerprint density at radius 1 is 1.40 bits per heavy atom. The zero-order valence-electron chi connectivity index (χ0n) is 7.10. The molecule has 2 N–H and O–H groups in total. The molecule has 0 aromatic rings. The lowest BCUT2D eigenvalue weighted by Crippen LogP contribution is -2.09. The SMILES string of the molecule is CCCSC(CC)CCN. The maximum absolute atomic E-state index is 5.46. The highest BCUT2D eigenvalue weighted by molar-refractivity contribution is 7.99. The van der Waals surface area contributed by atoms with E-state index >= 15 is 0 Å². The maximum Gasteiger partial charge on any atom is 0.00564 e. The molecule has 0 amide bonds. The van der Waals surface area contributed by atoms with Crippen LogP contribution in [0.4, 0.5) is 0 Å². The predicted octanol–water partition coefficient (Wildman–Crippen LogP) is 2.26. The molecule has 0 aliphatic carbocycles. The van der Waals surface area contributed by atoms with Crippen LogP contribution in [0, 0.1) is 0 Å². The van der Waals surface area contributed by atoms with Gasteiger partial charge >= 0.3 is 0 Å². The lowest BCUT2D eigenvalue weighted by molar-refractivity contribution is 0.744. The Balaban J connectivity index is 3.21. The second-order valence-corrected chi connectivity index (χ2v) is 3.89. The fourth-order valence-electron chi connectivity index (χ4n) is 0.876. The maximum atomic E-state index is 5.46. The summed E-state index contributed by atoms with van der Waals surface area (Å²) in [6.45, 7) is 5.31. The minimum absolute atomic E-state index is 0.810. The fourth-order valence-corrected chi connectivity index (χ4v) is 1.98. The first-order chi connectivity index (χ1) is 4.85. The van der Waals surface area contributed by atoms with Crippen LogP contribution in [0.1, 0.15) is 33.1 Å². The highest BCUT2D eigenvalue weighted by atomic mass is 32.2. The summed E-state index contributed by atoms with van der Waals surface area (Å²) in [6.07, 6.45) is 3.73. The third-order valence-corrected chi connectivity index (χ3v) is 3.19. The molecule has 0 aliphatic heterocycles. The zero-order chi connectivity index (χ0) is 7.82. The second kappa shape index (κ2) is 7.42. The summed E-state index contributed by atoms with van der Waals surface area (Å²) in [5, 5.41) is 0.810. The van der Waals surface area contributed by atoms with Gasteiger partial charge in [0, 0.05) is 5.25 Å². The highest BCUT2D eigenvalue weighted by Gasteiger charge is 2.03. The molecule has 0 bridgehead atoms. The van der Waals surface area contributed by atoms with Crippen molar-refractivity contribution in [3.63, 3.8) is 0 Å². The molecule has 1 unspecified atom stereocenters. The summed E-state index contributed by atoms with van der Waals surface area (Å²) < 4.78 is 0. The molecule has 0 radical (unpaired) electrons. The Hall–Kier alpha value is 0.310. The minimum atomic E-state index is 0.810. The summed E-state index contributed by atoms with van der Waals surface area (Å²) in [7, 11) is 0. The number of hydrogen-bond donors (Lipinski definition) is 1. The molecule has 0 rings (SSSR count). The molecular formula is C8H19NS. The monoisotopic (exact) mass is 161 g/mol. The van der Waals surface area contributed by atoms with Crippen molar-refractivity contribution >= 4 is 11.8 Å². The second-order valence-electron chi connectivity index (χ2n) is 2.48. The molecule has 0 saturated heterocycles. The van der Waals surface area contributed by atoms with E-state index in [0.717, 1.165) is 11.8 Å². The molecule has 1 atom stereocenters. The third kappa shape index (κ3) is 5.12. The number of rotatable bonds is 6. The van der Waals surface area contributed by atoms with Gasteiger partial charge in [0.25, 0.3) is 0 Å². The standard InChI is InChI=1S/C8H19NS/c1-3-7-10-8(4-2)5-6-9/h8H,3-7,9H2,1-2H3. The van der Waals surface area contributed by atoms with Crippen molar-refractivity contribution in [1.82, 2.24) is 0 Å². The van der Waals surface area contributed by atoms with E-state index in [-0.39, 0.29) is 0 Å². The van der Waals surface area contributed by atoms with Gasteiger partial charge in [-0.1, -0.05) is 13.8 Å². The summed E-state index contributed by atoms with van der Waals surface area (Å²) >= 11 is 2.07. The van der Waals surface area contributed by atoms with Gasteiger partial charge < -0.3 is 5.73 Å². The van der Waals surface area contributed by atoms with Gasteiger partial charge in [-0.2, -0.15) is 11.8 Å². The van der Waals surface area contributed by atoms with Gasteiger partial charge in [-0.15, -0.1) is 0 Å². The largest absolute Gasteiger partial charge is 0.330 e. The van der Waals surface area contributed by atoms with Crippen LogP contribution in [-0.2, 0) is 0 Å². The molecule has 0 aromatic carbocycles. The molecular weight excluding hydrogens is 142 g/mol. The fraction of sp³-hybridized carbons (Fsp3) is 1.00. The van der Waals surface area contributed by atoms with Crippen molar-refractivity contribution in [1.29, 1.82) is 0 Å². The summed E-state index contributed by atoms with van der Waals surface area (Å²) in [6, 6.07) is 0. The molecule has 2 heteroatoms. The van der Waals surface area contributed by atoms with Crippen LogP contribution in [0.3, 0.4) is 0 Å². The van der Waals surface area contributed by atoms with Crippen LogP contribution >= 0.6 is 11.8 Å². The molecule has 1 nitrogen and oxygen atoms in total. The van der Waals surface area contributed by atoms with Gasteiger partial charge in [-0.25, -0.2) is 0 Å². The Kier molecular flexibility index (Phi) is 7.65. The molecule has 0 spiro atoms. The predicted molar refractivity (Wildman–Crippen MR) is 50.5 cm³/mol. The average Bonchev–Trinajstić information content (AvgIpc) is 1.98. The van der Waals surface area contributed by atoms with Crippen molar-refractivity contribution in [3.8, 4) is 0 Å². The third-order valence-electron chi connectivity index (χ3n) is 1.50. The van der Waals surface area contributed by atoms with Crippen molar-refractivity contribution in [2.75, 3.05) is 12.3 Å². The molecule has 10 heavy (non-hydrogen) atoms. The van der Waals surface area contributed by atoms with E-state index in [2.05, 4.69) is 25.6 Å².